The predicted octanol–water partition coefficient (Wildman–Crippen LogP) is 1.46. The number of benzene rings is 1. The molecule has 0 spiro atoms. The molecule has 1 heterocycles. The highest BCUT2D eigenvalue weighted by Gasteiger charge is 2.12. The molecule has 0 amide bonds. The van der Waals surface area contributed by atoms with Crippen molar-refractivity contribution in [3.8, 4) is 5.69 Å². The van der Waals surface area contributed by atoms with Crippen molar-refractivity contribution in [3.63, 3.8) is 0 Å². The highest BCUT2D eigenvalue weighted by Crippen LogP contribution is 2.16. The fraction of sp³-hybridized carbons (Fsp3) is 0.308. The molecule has 0 aliphatic carbocycles. The summed E-state index contributed by atoms with van der Waals surface area (Å²) in [4.78, 5) is 15.2. The average molecular weight is 260 g/mol. The summed E-state index contributed by atoms with van der Waals surface area (Å²) in [5.41, 5.74) is 7.83. The lowest BCUT2D eigenvalue weighted by Crippen LogP contribution is -2.08. The lowest BCUT2D eigenvalue weighted by molar-refractivity contribution is 0.0587. The van der Waals surface area contributed by atoms with E-state index in [9.17, 15) is 4.79 Å². The molecule has 2 rings (SSSR count). The van der Waals surface area contributed by atoms with Crippen LogP contribution in [0.3, 0.4) is 0 Å². The Morgan fingerprint density at radius 2 is 2.11 bits per heavy atom. The first-order valence-corrected chi connectivity index (χ1v) is 6.01. The lowest BCUT2D eigenvalue weighted by Gasteiger charge is -2.09. The van der Waals surface area contributed by atoms with Crippen LogP contribution in [0.4, 0.5) is 0 Å². The van der Waals surface area contributed by atoms with Crippen LogP contribution < -0.4 is 5.73 Å². The number of carbonyl (C=O) groups is 1. The monoisotopic (exact) mass is 260 g/mol. The van der Waals surface area contributed by atoms with Crippen LogP contribution in [0, 0.1) is 0 Å². The normalized spacial score (nSPS) is 12.2. The van der Waals surface area contributed by atoms with Gasteiger partial charge in [-0.1, -0.05) is 19.1 Å². The summed E-state index contributed by atoms with van der Waals surface area (Å²) >= 11 is 0. The van der Waals surface area contributed by atoms with Crippen molar-refractivity contribution in [1.82, 2.24) is 14.8 Å². The maximum absolute atomic E-state index is 11.3. The number of nitrogens with two attached hydrogens (primary N) is 1. The van der Waals surface area contributed by atoms with Crippen LogP contribution in [0.15, 0.2) is 30.6 Å². The summed E-state index contributed by atoms with van der Waals surface area (Å²) in [5.74, 6) is -0.514. The number of methoxy groups -OCH3 is 1. The summed E-state index contributed by atoms with van der Waals surface area (Å²) in [6.45, 7) is 2.04. The quantitative estimate of drug-likeness (QED) is 0.841. The third-order valence-corrected chi connectivity index (χ3v) is 2.89. The van der Waals surface area contributed by atoms with Gasteiger partial charge in [0.15, 0.2) is 0 Å². The average Bonchev–Trinajstić information content (AvgIpc) is 2.95. The molecule has 1 aromatic heterocycles. The standard InChI is InChI=1S/C13H16N4O2/c1-3-11(14)9-4-6-10(7-5-9)17-8-15-12(16-17)13(18)19-2/h4-8,11H,3,14H2,1-2H3/t11-/m1/s1. The Morgan fingerprint density at radius 3 is 2.68 bits per heavy atom. The van der Waals surface area contributed by atoms with E-state index in [4.69, 9.17) is 5.73 Å². The number of ether oxygens (including phenoxy) is 1. The number of aromatic nitrogens is 3. The molecular formula is C13H16N4O2. The zero-order valence-corrected chi connectivity index (χ0v) is 10.9. The smallest absolute Gasteiger partial charge is 0.377 e. The fourth-order valence-electron chi connectivity index (χ4n) is 1.68. The van der Waals surface area contributed by atoms with Gasteiger partial charge >= 0.3 is 5.97 Å². The number of hydrogen-bond donors (Lipinski definition) is 1. The fourth-order valence-corrected chi connectivity index (χ4v) is 1.68. The third kappa shape index (κ3) is 2.79. The van der Waals surface area contributed by atoms with E-state index in [1.165, 1.54) is 18.1 Å². The zero-order valence-electron chi connectivity index (χ0n) is 10.9. The van der Waals surface area contributed by atoms with Crippen molar-refractivity contribution < 1.29 is 9.53 Å². The molecule has 0 saturated carbocycles. The minimum atomic E-state index is -0.552. The van der Waals surface area contributed by atoms with Gasteiger partial charge in [0.25, 0.3) is 5.82 Å². The Balaban J connectivity index is 2.22. The molecule has 1 atom stereocenters. The van der Waals surface area contributed by atoms with Gasteiger partial charge in [-0.05, 0) is 24.1 Å². The van der Waals surface area contributed by atoms with Crippen molar-refractivity contribution in [2.45, 2.75) is 19.4 Å². The van der Waals surface area contributed by atoms with Gasteiger partial charge in [-0.3, -0.25) is 0 Å². The van der Waals surface area contributed by atoms with Gasteiger partial charge in [0.2, 0.25) is 0 Å². The van der Waals surface area contributed by atoms with Gasteiger partial charge in [0.1, 0.15) is 6.33 Å². The zero-order chi connectivity index (χ0) is 13.8. The molecule has 100 valence electrons. The number of rotatable bonds is 4. The van der Waals surface area contributed by atoms with Gasteiger partial charge in [-0.2, -0.15) is 0 Å². The molecule has 0 aliphatic heterocycles. The van der Waals surface area contributed by atoms with E-state index >= 15 is 0 Å². The molecule has 0 unspecified atom stereocenters. The third-order valence-electron chi connectivity index (χ3n) is 2.89. The van der Waals surface area contributed by atoms with Gasteiger partial charge in [0.05, 0.1) is 12.8 Å². The second kappa shape index (κ2) is 5.62. The molecule has 0 fully saturated rings. The van der Waals surface area contributed by atoms with E-state index in [0.717, 1.165) is 17.7 Å². The number of hydrogen-bond acceptors (Lipinski definition) is 5. The minimum absolute atomic E-state index is 0.0374. The first kappa shape index (κ1) is 13.2. The first-order valence-electron chi connectivity index (χ1n) is 6.01. The minimum Gasteiger partial charge on any atom is -0.463 e. The largest absolute Gasteiger partial charge is 0.463 e. The van der Waals surface area contributed by atoms with Crippen molar-refractivity contribution in [2.24, 2.45) is 5.73 Å². The summed E-state index contributed by atoms with van der Waals surface area (Å²) in [6, 6.07) is 7.71. The molecule has 0 saturated heterocycles. The molecular weight excluding hydrogens is 244 g/mol. The van der Waals surface area contributed by atoms with E-state index in [0.29, 0.717) is 0 Å². The van der Waals surface area contributed by atoms with Crippen molar-refractivity contribution >= 4 is 5.97 Å². The summed E-state index contributed by atoms with van der Waals surface area (Å²) < 4.78 is 6.08. The van der Waals surface area contributed by atoms with Gasteiger partial charge in [-0.15, -0.1) is 5.10 Å². The van der Waals surface area contributed by atoms with Crippen molar-refractivity contribution in [3.05, 3.63) is 42.0 Å². The lowest BCUT2D eigenvalue weighted by atomic mass is 10.1. The van der Waals surface area contributed by atoms with E-state index < -0.39 is 5.97 Å². The Bertz CT molecular complexity index is 562. The molecule has 2 N–H and O–H groups in total. The van der Waals surface area contributed by atoms with Crippen LogP contribution in [0.25, 0.3) is 5.69 Å². The highest BCUT2D eigenvalue weighted by molar-refractivity contribution is 5.84. The SMILES string of the molecule is CC[C@@H](N)c1ccc(-n2cnc(C(=O)OC)n2)cc1. The second-order valence-electron chi connectivity index (χ2n) is 4.11. The molecule has 0 aliphatic rings. The predicted molar refractivity (Wildman–Crippen MR) is 69.9 cm³/mol. The van der Waals surface area contributed by atoms with E-state index in [1.54, 1.807) is 0 Å². The molecule has 6 heteroatoms. The highest BCUT2D eigenvalue weighted by atomic mass is 16.5. The molecule has 0 radical (unpaired) electrons. The van der Waals surface area contributed by atoms with Crippen LogP contribution in [-0.4, -0.2) is 27.8 Å². The number of nitrogens with zero attached hydrogens (tertiary/aromatic N) is 3. The van der Waals surface area contributed by atoms with Crippen LogP contribution in [0.2, 0.25) is 0 Å². The summed E-state index contributed by atoms with van der Waals surface area (Å²) in [5, 5.41) is 4.05. The van der Waals surface area contributed by atoms with Crippen LogP contribution in [0.5, 0.6) is 0 Å². The molecule has 2 aromatic rings. The van der Waals surface area contributed by atoms with Gasteiger partial charge < -0.3 is 10.5 Å². The summed E-state index contributed by atoms with van der Waals surface area (Å²) in [6.07, 6.45) is 2.36. The Labute approximate surface area is 111 Å². The Kier molecular flexibility index (Phi) is 3.91. The second-order valence-corrected chi connectivity index (χ2v) is 4.11. The Hall–Kier alpha value is -2.21. The van der Waals surface area contributed by atoms with Crippen molar-refractivity contribution in [2.75, 3.05) is 7.11 Å². The molecule has 6 nitrogen and oxygen atoms in total. The van der Waals surface area contributed by atoms with Crippen LogP contribution in [0.1, 0.15) is 35.6 Å². The number of carbonyl (C=O) groups excluding carboxylic acids is 1. The van der Waals surface area contributed by atoms with E-state index in [2.05, 4.69) is 14.8 Å². The molecule has 1 aromatic carbocycles. The topological polar surface area (TPSA) is 83.0 Å². The van der Waals surface area contributed by atoms with E-state index in [-0.39, 0.29) is 11.9 Å². The Morgan fingerprint density at radius 1 is 1.42 bits per heavy atom. The van der Waals surface area contributed by atoms with Crippen LogP contribution in [-0.2, 0) is 4.74 Å². The van der Waals surface area contributed by atoms with Crippen LogP contribution >= 0.6 is 0 Å². The van der Waals surface area contributed by atoms with Crippen molar-refractivity contribution in [1.29, 1.82) is 0 Å². The number of esters is 1. The maximum atomic E-state index is 11.3. The van der Waals surface area contributed by atoms with Gasteiger partial charge in [0, 0.05) is 6.04 Å². The van der Waals surface area contributed by atoms with E-state index in [1.807, 2.05) is 31.2 Å². The van der Waals surface area contributed by atoms with Gasteiger partial charge in [-0.25, -0.2) is 14.5 Å². The summed E-state index contributed by atoms with van der Waals surface area (Å²) in [7, 11) is 1.30. The molecule has 0 bridgehead atoms. The maximum Gasteiger partial charge on any atom is 0.377 e. The first-order chi connectivity index (χ1) is 9.15. The molecule has 19 heavy (non-hydrogen) atoms.